The summed E-state index contributed by atoms with van der Waals surface area (Å²) in [5.74, 6) is 0.603. The molecule has 0 bridgehead atoms. The minimum atomic E-state index is -3.27. The van der Waals surface area contributed by atoms with E-state index >= 15 is 0 Å². The Kier molecular flexibility index (Phi) is 4.85. The van der Waals surface area contributed by atoms with Gasteiger partial charge >= 0.3 is 0 Å². The number of ether oxygens (including phenoxy) is 1. The number of hydrogen-bond acceptors (Lipinski definition) is 3. The third-order valence-electron chi connectivity index (χ3n) is 4.66. The highest BCUT2D eigenvalue weighted by Gasteiger charge is 2.35. The third-order valence-corrected chi connectivity index (χ3v) is 6.04. The van der Waals surface area contributed by atoms with E-state index in [1.165, 1.54) is 0 Å². The zero-order chi connectivity index (χ0) is 15.6. The van der Waals surface area contributed by atoms with Crippen LogP contribution in [0.4, 0.5) is 0 Å². The predicted molar refractivity (Wildman–Crippen MR) is 87.2 cm³/mol. The van der Waals surface area contributed by atoms with Gasteiger partial charge in [0.1, 0.15) is 0 Å². The van der Waals surface area contributed by atoms with Gasteiger partial charge < -0.3 is 4.74 Å². The Hall–Kier alpha value is -0.910. The minimum Gasteiger partial charge on any atom is -0.378 e. The van der Waals surface area contributed by atoms with Gasteiger partial charge in [-0.25, -0.2) is 13.1 Å². The van der Waals surface area contributed by atoms with Crippen LogP contribution in [-0.4, -0.2) is 26.9 Å². The Morgan fingerprint density at radius 2 is 2.05 bits per heavy atom. The first-order valence-electron chi connectivity index (χ1n) is 8.22. The second-order valence-electron chi connectivity index (χ2n) is 6.53. The average molecular weight is 323 g/mol. The number of aryl methyl sites for hydroxylation is 1. The number of hydrogen-bond donors (Lipinski definition) is 1. The van der Waals surface area contributed by atoms with E-state index in [0.29, 0.717) is 12.3 Å². The van der Waals surface area contributed by atoms with Crippen molar-refractivity contribution in [3.8, 4) is 0 Å². The molecule has 0 radical (unpaired) electrons. The molecule has 0 unspecified atom stereocenters. The molecule has 5 heteroatoms. The van der Waals surface area contributed by atoms with Crippen molar-refractivity contribution in [2.75, 3.05) is 12.4 Å². The number of rotatable bonds is 7. The van der Waals surface area contributed by atoms with Gasteiger partial charge in [0.25, 0.3) is 0 Å². The third kappa shape index (κ3) is 4.09. The SMILES string of the molecule is Cc1ccccc1[C@@H](NS(=O)(=O)CC[C@@H]1CCCO1)C1CC1. The number of benzene rings is 1. The number of sulfonamides is 1. The van der Waals surface area contributed by atoms with E-state index in [1.54, 1.807) is 0 Å². The van der Waals surface area contributed by atoms with E-state index in [4.69, 9.17) is 4.74 Å². The summed E-state index contributed by atoms with van der Waals surface area (Å²) in [6.07, 6.45) is 4.96. The van der Waals surface area contributed by atoms with Crippen molar-refractivity contribution >= 4 is 10.0 Å². The van der Waals surface area contributed by atoms with Crippen LogP contribution in [0.3, 0.4) is 0 Å². The molecular weight excluding hydrogens is 298 g/mol. The van der Waals surface area contributed by atoms with Gasteiger partial charge in [-0.3, -0.25) is 0 Å². The molecular formula is C17H25NO3S. The molecule has 3 rings (SSSR count). The van der Waals surface area contributed by atoms with Gasteiger partial charge in [-0.05, 0) is 56.1 Å². The minimum absolute atomic E-state index is 0.0734. The van der Waals surface area contributed by atoms with Crippen LogP contribution >= 0.6 is 0 Å². The summed E-state index contributed by atoms with van der Waals surface area (Å²) in [5.41, 5.74) is 2.27. The molecule has 1 aliphatic carbocycles. The topological polar surface area (TPSA) is 55.4 Å². The fourth-order valence-corrected chi connectivity index (χ4v) is 4.59. The molecule has 4 nitrogen and oxygen atoms in total. The van der Waals surface area contributed by atoms with Crippen molar-refractivity contribution in [1.29, 1.82) is 0 Å². The van der Waals surface area contributed by atoms with Crippen LogP contribution in [0, 0.1) is 12.8 Å². The van der Waals surface area contributed by atoms with E-state index in [2.05, 4.69) is 4.72 Å². The molecule has 1 aromatic carbocycles. The molecule has 1 N–H and O–H groups in total. The average Bonchev–Trinajstić information content (AvgIpc) is 3.19. The van der Waals surface area contributed by atoms with E-state index in [0.717, 1.165) is 43.4 Å². The molecule has 1 saturated heterocycles. The Labute approximate surface area is 133 Å². The fraction of sp³-hybridized carbons (Fsp3) is 0.647. The summed E-state index contributed by atoms with van der Waals surface area (Å²) in [4.78, 5) is 0. The van der Waals surface area contributed by atoms with Gasteiger partial charge in [0.15, 0.2) is 0 Å². The van der Waals surface area contributed by atoms with Gasteiger partial charge in [-0.1, -0.05) is 24.3 Å². The highest BCUT2D eigenvalue weighted by molar-refractivity contribution is 7.89. The fourth-order valence-electron chi connectivity index (χ4n) is 3.19. The van der Waals surface area contributed by atoms with Crippen molar-refractivity contribution in [3.05, 3.63) is 35.4 Å². The van der Waals surface area contributed by atoms with Crippen LogP contribution in [0.15, 0.2) is 24.3 Å². The molecule has 2 aliphatic rings. The van der Waals surface area contributed by atoms with Crippen LogP contribution in [0.5, 0.6) is 0 Å². The highest BCUT2D eigenvalue weighted by Crippen LogP contribution is 2.42. The predicted octanol–water partition coefficient (Wildman–Crippen LogP) is 2.93. The van der Waals surface area contributed by atoms with Gasteiger partial charge in [-0.15, -0.1) is 0 Å². The van der Waals surface area contributed by atoms with Crippen LogP contribution < -0.4 is 4.72 Å². The maximum absolute atomic E-state index is 12.4. The maximum Gasteiger partial charge on any atom is 0.212 e. The van der Waals surface area contributed by atoms with Gasteiger partial charge in [0, 0.05) is 12.6 Å². The quantitative estimate of drug-likeness (QED) is 0.839. The molecule has 1 aliphatic heterocycles. The van der Waals surface area contributed by atoms with E-state index in [-0.39, 0.29) is 17.9 Å². The van der Waals surface area contributed by atoms with Gasteiger partial charge in [-0.2, -0.15) is 0 Å². The Bertz CT molecular complexity index is 604. The standard InChI is InChI=1S/C17H25NO3S/c1-13-5-2-3-7-16(13)17(14-8-9-14)18-22(19,20)12-10-15-6-4-11-21-15/h2-3,5,7,14-15,17-18H,4,6,8-12H2,1H3/t15-,17-/m0/s1. The second kappa shape index (κ2) is 6.69. The lowest BCUT2D eigenvalue weighted by atomic mass is 9.99. The van der Waals surface area contributed by atoms with Crippen molar-refractivity contribution in [1.82, 2.24) is 4.72 Å². The van der Waals surface area contributed by atoms with Crippen LogP contribution in [-0.2, 0) is 14.8 Å². The monoisotopic (exact) mass is 323 g/mol. The summed E-state index contributed by atoms with van der Waals surface area (Å²) in [5, 5.41) is 0. The zero-order valence-corrected chi connectivity index (χ0v) is 13.9. The summed E-state index contributed by atoms with van der Waals surface area (Å²) >= 11 is 0. The van der Waals surface area contributed by atoms with Crippen LogP contribution in [0.2, 0.25) is 0 Å². The lowest BCUT2D eigenvalue weighted by Crippen LogP contribution is -2.33. The lowest BCUT2D eigenvalue weighted by Gasteiger charge is -2.21. The zero-order valence-electron chi connectivity index (χ0n) is 13.1. The van der Waals surface area contributed by atoms with E-state index < -0.39 is 10.0 Å². The molecule has 2 fully saturated rings. The van der Waals surface area contributed by atoms with Crippen molar-refractivity contribution in [2.45, 2.75) is 51.2 Å². The molecule has 1 heterocycles. The molecule has 122 valence electrons. The lowest BCUT2D eigenvalue weighted by molar-refractivity contribution is 0.108. The molecule has 1 saturated carbocycles. The Morgan fingerprint density at radius 3 is 2.68 bits per heavy atom. The maximum atomic E-state index is 12.4. The Balaban J connectivity index is 1.66. The van der Waals surface area contributed by atoms with E-state index in [1.807, 2.05) is 31.2 Å². The van der Waals surface area contributed by atoms with Crippen molar-refractivity contribution < 1.29 is 13.2 Å². The smallest absolute Gasteiger partial charge is 0.212 e. The van der Waals surface area contributed by atoms with E-state index in [9.17, 15) is 8.42 Å². The molecule has 22 heavy (non-hydrogen) atoms. The molecule has 2 atom stereocenters. The summed E-state index contributed by atoms with van der Waals surface area (Å²) < 4.78 is 33.4. The van der Waals surface area contributed by atoms with Crippen LogP contribution in [0.25, 0.3) is 0 Å². The van der Waals surface area contributed by atoms with Crippen LogP contribution in [0.1, 0.15) is 49.3 Å². The first-order chi connectivity index (χ1) is 10.6. The summed E-state index contributed by atoms with van der Waals surface area (Å²) in [7, 11) is -3.27. The van der Waals surface area contributed by atoms with Crippen molar-refractivity contribution in [3.63, 3.8) is 0 Å². The summed E-state index contributed by atoms with van der Waals surface area (Å²) in [6.45, 7) is 2.82. The molecule has 0 spiro atoms. The Morgan fingerprint density at radius 1 is 1.27 bits per heavy atom. The summed E-state index contributed by atoms with van der Waals surface area (Å²) in [6, 6.07) is 8.00. The second-order valence-corrected chi connectivity index (χ2v) is 8.41. The molecule has 0 amide bonds. The number of nitrogens with one attached hydrogen (secondary N) is 1. The first kappa shape index (κ1) is 16.0. The molecule has 0 aromatic heterocycles. The normalized spacial score (nSPS) is 23.6. The van der Waals surface area contributed by atoms with Gasteiger partial charge in [0.05, 0.1) is 11.9 Å². The largest absolute Gasteiger partial charge is 0.378 e. The highest BCUT2D eigenvalue weighted by atomic mass is 32.2. The van der Waals surface area contributed by atoms with Gasteiger partial charge in [0.2, 0.25) is 10.0 Å². The molecule has 1 aromatic rings. The van der Waals surface area contributed by atoms with Crippen molar-refractivity contribution in [2.24, 2.45) is 5.92 Å². The first-order valence-corrected chi connectivity index (χ1v) is 9.87.